The van der Waals surface area contributed by atoms with E-state index in [2.05, 4.69) is 76.2 Å². The van der Waals surface area contributed by atoms with Crippen LogP contribution in [0.1, 0.15) is 105 Å². The highest BCUT2D eigenvalue weighted by Crippen LogP contribution is 2.25. The van der Waals surface area contributed by atoms with Gasteiger partial charge in [0.05, 0.1) is 51.9 Å². The van der Waals surface area contributed by atoms with Crippen molar-refractivity contribution in [3.63, 3.8) is 0 Å². The molecule has 1 aromatic heterocycles. The normalized spacial score (nSPS) is 13.6. The van der Waals surface area contributed by atoms with E-state index in [0.29, 0.717) is 52.5 Å². The van der Waals surface area contributed by atoms with E-state index in [4.69, 9.17) is 4.74 Å². The van der Waals surface area contributed by atoms with E-state index in [9.17, 15) is 8.42 Å². The van der Waals surface area contributed by atoms with Gasteiger partial charge in [0, 0.05) is 65.7 Å². The molecule has 6 aromatic carbocycles. The summed E-state index contributed by atoms with van der Waals surface area (Å²) in [7, 11) is 0.281. The van der Waals surface area contributed by atoms with E-state index in [-0.39, 0.29) is 4.90 Å². The lowest BCUT2D eigenvalue weighted by molar-refractivity contribution is 0.304. The number of nitrogens with zero attached hydrogens (tertiary/aromatic N) is 9. The zero-order chi connectivity index (χ0) is 56.1. The molecule has 3 aliphatic rings. The molecule has 0 spiro atoms. The number of amidine groups is 3. The predicted octanol–water partition coefficient (Wildman–Crippen LogP) is 14.3. The molecule has 406 valence electrons. The Hall–Kier alpha value is -9.01. The molecule has 0 fully saturated rings. The first-order valence-electron chi connectivity index (χ1n) is 27.1. The quantitative estimate of drug-likeness (QED) is 0.0666. The zero-order valence-electron chi connectivity index (χ0n) is 45.9. The Kier molecular flexibility index (Phi) is 20.4. The number of allylic oxidation sites excluding steroid dienone is 3. The summed E-state index contributed by atoms with van der Waals surface area (Å²) in [6, 6.07) is 51.5. The van der Waals surface area contributed by atoms with Crippen LogP contribution >= 0.6 is 0 Å². The van der Waals surface area contributed by atoms with Crippen molar-refractivity contribution in [1.82, 2.24) is 9.97 Å². The van der Waals surface area contributed by atoms with Gasteiger partial charge in [-0.3, -0.25) is 9.71 Å². The van der Waals surface area contributed by atoms with E-state index >= 15 is 0 Å². The molecule has 0 aliphatic carbocycles. The smallest absolute Gasteiger partial charge is 0.261 e. The van der Waals surface area contributed by atoms with E-state index in [1.54, 1.807) is 55.0 Å². The molecule has 3 aliphatic heterocycles. The zero-order valence-corrected chi connectivity index (χ0v) is 46.7. The number of aliphatic imine (C=N–C) groups is 6. The second-order valence-electron chi connectivity index (χ2n) is 19.3. The van der Waals surface area contributed by atoms with Gasteiger partial charge in [0.1, 0.15) is 11.4 Å². The first kappa shape index (κ1) is 57.2. The van der Waals surface area contributed by atoms with Gasteiger partial charge in [-0.05, 0) is 55.0 Å². The number of unbranched alkanes of at least 4 members (excludes halogenated alkanes) is 9. The summed E-state index contributed by atoms with van der Waals surface area (Å²) in [6.45, 7) is 14.9. The molecule has 10 rings (SSSR count). The van der Waals surface area contributed by atoms with Crippen molar-refractivity contribution >= 4 is 56.0 Å². The number of sulfonamides is 1. The lowest BCUT2D eigenvalue weighted by Gasteiger charge is -2.12. The Labute approximate surface area is 471 Å². The van der Waals surface area contributed by atoms with Crippen LogP contribution in [0.3, 0.4) is 0 Å². The van der Waals surface area contributed by atoms with Gasteiger partial charge >= 0.3 is 0 Å². The Morgan fingerprint density at radius 1 is 0.475 bits per heavy atom. The molecule has 0 radical (unpaired) electrons. The maximum atomic E-state index is 13.0. The lowest BCUT2D eigenvalue weighted by Crippen LogP contribution is -2.13. The van der Waals surface area contributed by atoms with E-state index in [1.165, 1.54) is 51.4 Å². The maximum absolute atomic E-state index is 13.0. The Bertz CT molecular complexity index is 3480. The molecule has 0 saturated carbocycles. The minimum absolute atomic E-state index is 0.183. The summed E-state index contributed by atoms with van der Waals surface area (Å²) in [5, 5.41) is 0. The SMILES string of the molecule is C=C1N=C(c2ccccc2)N=C1c1ccc(NS(=O)(=O)c2ccc(OCCCCCCCCCCCC)cc2)cc1.C=C1N=C(c2ccccc2)N=C1c1ccccc1.C=C1N=C(c2cnccn2)N=C1c1ccc(N(C)C)cc1. The molecular formula is C66H68N10O3S. The maximum Gasteiger partial charge on any atom is 0.261 e. The fourth-order valence-corrected chi connectivity index (χ4v) is 9.76. The van der Waals surface area contributed by atoms with Crippen molar-refractivity contribution in [2.45, 2.75) is 76.0 Å². The van der Waals surface area contributed by atoms with Crippen molar-refractivity contribution in [1.29, 1.82) is 0 Å². The summed E-state index contributed by atoms with van der Waals surface area (Å²) in [5.41, 5.74) is 11.3. The molecule has 0 bridgehead atoms. The summed E-state index contributed by atoms with van der Waals surface area (Å²) in [5.74, 6) is 2.59. The van der Waals surface area contributed by atoms with Crippen LogP contribution in [0.15, 0.2) is 254 Å². The third kappa shape index (κ3) is 16.0. The highest BCUT2D eigenvalue weighted by molar-refractivity contribution is 7.92. The lowest BCUT2D eigenvalue weighted by atomic mass is 10.1. The van der Waals surface area contributed by atoms with Crippen molar-refractivity contribution < 1.29 is 13.2 Å². The first-order valence-corrected chi connectivity index (χ1v) is 28.6. The number of anilines is 2. The van der Waals surface area contributed by atoms with Crippen LogP contribution in [0.5, 0.6) is 5.75 Å². The van der Waals surface area contributed by atoms with Crippen molar-refractivity contribution in [3.8, 4) is 5.75 Å². The summed E-state index contributed by atoms with van der Waals surface area (Å²) in [6.07, 6.45) is 17.7. The molecule has 14 heteroatoms. The van der Waals surface area contributed by atoms with Gasteiger partial charge in [-0.1, -0.05) is 200 Å². The highest BCUT2D eigenvalue weighted by Gasteiger charge is 2.21. The van der Waals surface area contributed by atoms with E-state index in [0.717, 1.165) is 69.3 Å². The average Bonchev–Trinajstić information content (AvgIpc) is 4.21. The van der Waals surface area contributed by atoms with Gasteiger partial charge in [0.25, 0.3) is 10.0 Å². The molecule has 7 aromatic rings. The third-order valence-corrected chi connectivity index (χ3v) is 14.5. The van der Waals surface area contributed by atoms with E-state index < -0.39 is 10.0 Å². The number of rotatable bonds is 22. The van der Waals surface area contributed by atoms with Crippen molar-refractivity contribution in [3.05, 3.63) is 253 Å². The largest absolute Gasteiger partial charge is 0.494 e. The van der Waals surface area contributed by atoms with Crippen LogP contribution in [0.2, 0.25) is 0 Å². The van der Waals surface area contributed by atoms with Gasteiger partial charge < -0.3 is 9.64 Å². The summed E-state index contributed by atoms with van der Waals surface area (Å²) in [4.78, 5) is 37.5. The number of aromatic nitrogens is 2. The van der Waals surface area contributed by atoms with Crippen molar-refractivity contribution in [2.75, 3.05) is 30.3 Å². The first-order chi connectivity index (χ1) is 38.9. The minimum atomic E-state index is -3.74. The number of benzene rings is 6. The molecule has 0 amide bonds. The number of hydrogen-bond acceptors (Lipinski definition) is 12. The topological polar surface area (TPSA) is 159 Å². The molecule has 1 N–H and O–H groups in total. The third-order valence-electron chi connectivity index (χ3n) is 13.1. The molecular weight excluding hydrogens is 1010 g/mol. The van der Waals surface area contributed by atoms with Crippen molar-refractivity contribution in [2.24, 2.45) is 30.0 Å². The van der Waals surface area contributed by atoms with Crippen LogP contribution in [0.25, 0.3) is 0 Å². The van der Waals surface area contributed by atoms with Crippen LogP contribution < -0.4 is 14.4 Å². The number of ether oxygens (including phenoxy) is 1. The summed E-state index contributed by atoms with van der Waals surface area (Å²) < 4.78 is 34.4. The standard InChI is InChI=1S/C34H41N3O3S.C16H15N5.C16H12N2/c1-3-4-5-6-7-8-9-10-11-15-26-40-31-22-24-32(25-23-31)41(38,39)37-30-20-18-28(19-21-30)33-27(2)35-34(36-33)29-16-13-12-14-17-29;1-11-15(12-4-6-13(7-5-12)21(2)3)20-16(19-11)14-10-17-8-9-18-14;1-12-15(13-8-4-2-5-9-13)18-16(17-12)14-10-6-3-7-11-14/h12-14,16-25,37H,2-11,15,26H2,1H3;4-10H,1H2,2-3H3;2-11H,1H2. The van der Waals surface area contributed by atoms with Crippen LogP contribution in [0, 0.1) is 0 Å². The van der Waals surface area contributed by atoms with E-state index in [1.807, 2.05) is 141 Å². The van der Waals surface area contributed by atoms with Gasteiger partial charge in [-0.2, -0.15) is 0 Å². The second kappa shape index (κ2) is 28.6. The fraction of sp³-hybridized carbons (Fsp3) is 0.212. The van der Waals surface area contributed by atoms with Crippen LogP contribution in [-0.4, -0.2) is 73.7 Å². The monoisotopic (exact) mass is 1080 g/mol. The number of nitrogens with one attached hydrogen (secondary N) is 1. The molecule has 0 atom stereocenters. The van der Waals surface area contributed by atoms with Gasteiger partial charge in [-0.25, -0.2) is 43.4 Å². The second-order valence-corrected chi connectivity index (χ2v) is 21.0. The molecule has 0 unspecified atom stereocenters. The molecule has 0 saturated heterocycles. The molecule has 13 nitrogen and oxygen atoms in total. The highest BCUT2D eigenvalue weighted by atomic mass is 32.2. The molecule has 4 heterocycles. The Balaban J connectivity index is 0.000000178. The Morgan fingerprint density at radius 2 is 0.912 bits per heavy atom. The Morgan fingerprint density at radius 3 is 1.39 bits per heavy atom. The summed E-state index contributed by atoms with van der Waals surface area (Å²) >= 11 is 0. The van der Waals surface area contributed by atoms with Gasteiger partial charge in [0.2, 0.25) is 0 Å². The van der Waals surface area contributed by atoms with Gasteiger partial charge in [0.15, 0.2) is 17.5 Å². The average molecular weight is 1080 g/mol. The minimum Gasteiger partial charge on any atom is -0.494 e. The molecule has 80 heavy (non-hydrogen) atoms. The number of hydrogen-bond donors (Lipinski definition) is 1. The van der Waals surface area contributed by atoms with Gasteiger partial charge in [-0.15, -0.1) is 0 Å². The van der Waals surface area contributed by atoms with Crippen LogP contribution in [-0.2, 0) is 10.0 Å². The predicted molar refractivity (Wildman–Crippen MR) is 330 cm³/mol. The fourth-order valence-electron chi connectivity index (χ4n) is 8.70. The van der Waals surface area contributed by atoms with Crippen LogP contribution in [0.4, 0.5) is 11.4 Å².